The minimum absolute atomic E-state index is 0.0344. The number of aryl methyl sites for hydroxylation is 2. The van der Waals surface area contributed by atoms with E-state index in [4.69, 9.17) is 14.2 Å². The summed E-state index contributed by atoms with van der Waals surface area (Å²) in [5.74, 6) is 1.26. The second kappa shape index (κ2) is 23.4. The van der Waals surface area contributed by atoms with Crippen molar-refractivity contribution in [3.05, 3.63) is 107 Å². The highest BCUT2D eigenvalue weighted by molar-refractivity contribution is 7.92. The monoisotopic (exact) mass is 1150 g/mol. The molecule has 0 unspecified atom stereocenters. The Morgan fingerprint density at radius 3 is 2.24 bits per heavy atom. The number of hydrogen-bond donors (Lipinski definition) is 4. The van der Waals surface area contributed by atoms with E-state index in [1.165, 1.54) is 30.2 Å². The van der Waals surface area contributed by atoms with Crippen LogP contribution in [-0.2, 0) is 48.3 Å². The molecule has 4 amide bonds. The fourth-order valence-electron chi connectivity index (χ4n) is 10.6. The Morgan fingerprint density at radius 2 is 1.55 bits per heavy atom. The molecule has 0 bridgehead atoms. The second-order valence-corrected chi connectivity index (χ2v) is 27.7. The van der Waals surface area contributed by atoms with Gasteiger partial charge in [0.25, 0.3) is 0 Å². The van der Waals surface area contributed by atoms with Gasteiger partial charge in [0.15, 0.2) is 15.7 Å². The number of rotatable bonds is 14. The summed E-state index contributed by atoms with van der Waals surface area (Å²) >= 11 is 0. The van der Waals surface area contributed by atoms with Crippen molar-refractivity contribution in [2.24, 2.45) is 5.41 Å². The first-order valence-corrected chi connectivity index (χ1v) is 29.8. The van der Waals surface area contributed by atoms with Crippen LogP contribution in [0.1, 0.15) is 134 Å². The lowest BCUT2D eigenvalue weighted by Crippen LogP contribution is -2.62. The molecule has 83 heavy (non-hydrogen) atoms. The molecule has 6 aromatic rings. The average Bonchev–Trinajstić information content (AvgIpc) is 3.84. The number of ether oxygens (including phenoxy) is 3. The summed E-state index contributed by atoms with van der Waals surface area (Å²) < 4.78 is 45.9. The van der Waals surface area contributed by atoms with Crippen molar-refractivity contribution >= 4 is 62.0 Å². The molecule has 9 rings (SSSR count). The number of nitrogens with zero attached hydrogens (tertiary/aromatic N) is 8. The number of nitrogens with one attached hydrogen (secondary N) is 4. The summed E-state index contributed by atoms with van der Waals surface area (Å²) in [6, 6.07) is 15.5. The molecule has 0 radical (unpaired) electrons. The number of piperidine rings is 1. The molecule has 4 atom stereocenters. The van der Waals surface area contributed by atoms with Gasteiger partial charge in [-0.2, -0.15) is 5.10 Å². The molecule has 0 spiro atoms. The smallest absolute Gasteiger partial charge is 0.410 e. The van der Waals surface area contributed by atoms with Gasteiger partial charge in [-0.1, -0.05) is 51.1 Å². The lowest BCUT2D eigenvalue weighted by molar-refractivity contribution is -0.147. The zero-order chi connectivity index (χ0) is 59.9. The van der Waals surface area contributed by atoms with E-state index in [0.29, 0.717) is 60.0 Å². The summed E-state index contributed by atoms with van der Waals surface area (Å²) in [4.78, 5) is 79.9. The predicted octanol–water partition coefficient (Wildman–Crippen LogP) is 9.15. The van der Waals surface area contributed by atoms with E-state index in [1.807, 2.05) is 71.0 Å². The van der Waals surface area contributed by atoms with Gasteiger partial charge >= 0.3 is 6.09 Å². The Balaban J connectivity index is 0.920. The van der Waals surface area contributed by atoms with Gasteiger partial charge in [-0.3, -0.25) is 24.4 Å². The van der Waals surface area contributed by atoms with Crippen molar-refractivity contribution in [3.63, 3.8) is 0 Å². The zero-order valence-electron chi connectivity index (χ0n) is 49.8. The van der Waals surface area contributed by atoms with Crippen LogP contribution in [0, 0.1) is 19.3 Å². The number of aromatic nitrogens is 6. The molecular formula is C61H78N12O9S. The van der Waals surface area contributed by atoms with Crippen LogP contribution in [0.25, 0.3) is 10.9 Å². The number of fused-ring (bicyclic) bond motifs is 3. The van der Waals surface area contributed by atoms with Crippen LogP contribution < -0.4 is 30.3 Å². The van der Waals surface area contributed by atoms with Gasteiger partial charge in [-0.25, -0.2) is 33.1 Å². The van der Waals surface area contributed by atoms with Gasteiger partial charge in [0.2, 0.25) is 23.6 Å². The van der Waals surface area contributed by atoms with Crippen LogP contribution in [0.15, 0.2) is 78.2 Å². The highest BCUT2D eigenvalue weighted by atomic mass is 32.2. The van der Waals surface area contributed by atoms with E-state index in [9.17, 15) is 22.8 Å². The number of aromatic amines is 1. The molecule has 3 aromatic heterocycles. The van der Waals surface area contributed by atoms with Crippen molar-refractivity contribution in [2.45, 2.75) is 174 Å². The minimum Gasteiger partial charge on any atom is -0.489 e. The maximum atomic E-state index is 15.2. The van der Waals surface area contributed by atoms with Crippen LogP contribution in [-0.4, -0.2) is 127 Å². The third-order valence-electron chi connectivity index (χ3n) is 15.8. The van der Waals surface area contributed by atoms with Crippen molar-refractivity contribution in [2.75, 3.05) is 30.4 Å². The number of likely N-dealkylation sites (N-methyl/N-ethyl adjacent to an activating group) is 1. The molecule has 3 aromatic carbocycles. The first-order valence-electron chi connectivity index (χ1n) is 28.4. The number of carbonyl (C=O) groups excluding carboxylic acids is 4. The topological polar surface area (TPSA) is 256 Å². The van der Waals surface area contributed by atoms with E-state index in [1.54, 1.807) is 71.6 Å². The van der Waals surface area contributed by atoms with Gasteiger partial charge in [-0.15, -0.1) is 0 Å². The molecule has 22 heteroatoms. The Morgan fingerprint density at radius 1 is 0.831 bits per heavy atom. The Labute approximate surface area is 486 Å². The Hall–Kier alpha value is -7.88. The number of H-pyrrole nitrogens is 1. The Bertz CT molecular complexity index is 3540. The van der Waals surface area contributed by atoms with Crippen molar-refractivity contribution in [1.29, 1.82) is 0 Å². The molecule has 442 valence electrons. The highest BCUT2D eigenvalue weighted by Crippen LogP contribution is 2.40. The van der Waals surface area contributed by atoms with Gasteiger partial charge in [0, 0.05) is 74.7 Å². The molecule has 1 saturated heterocycles. The van der Waals surface area contributed by atoms with Gasteiger partial charge < -0.3 is 40.0 Å². The lowest BCUT2D eigenvalue weighted by Gasteiger charge is -2.42. The quantitative estimate of drug-likeness (QED) is 0.0793. The van der Waals surface area contributed by atoms with Crippen LogP contribution in [0.4, 0.5) is 22.2 Å². The summed E-state index contributed by atoms with van der Waals surface area (Å²) in [7, 11) is -2.44. The Kier molecular flexibility index (Phi) is 16.8. The standard InChI is InChI=1S/C61H78N12O9S/c1-35-36(2)69-70-53(35)68-54-44-29-49(83(78,79)61(10,11)12)48(30-46(44)62-33-65-54)80-41-23-25-72(26-24-41)50-31-51(64-34-63-50)81-42-22-21-39-28-47(56(75)66-45-20-16-18-38-17-14-15-19-43(38)45)73(32-40(39)27-42)57(76)52(59(4,5)6)67-55(74)37(3)71(13)58(77)82-60(7,8)9/h14-15,17,19,21-22,27,29-31,33-34,37,41,45,47,52H,16,18,20,23-26,28,32H2,1-13H3,(H,66,75)(H,67,74)(H2,62,65,68,69,70)/t37-,45-,47-,52+/m0/s1. The number of amides is 4. The summed E-state index contributed by atoms with van der Waals surface area (Å²) in [6.45, 7) is 22.3. The average molecular weight is 1160 g/mol. The fraction of sp³-hybridized carbons (Fsp3) is 0.492. The molecule has 5 heterocycles. The van der Waals surface area contributed by atoms with E-state index in [-0.39, 0.29) is 47.5 Å². The number of anilines is 3. The first-order chi connectivity index (χ1) is 39.1. The lowest BCUT2D eigenvalue weighted by atomic mass is 9.83. The van der Waals surface area contributed by atoms with Crippen LogP contribution in [0.2, 0.25) is 0 Å². The number of hydrogen-bond acceptors (Lipinski definition) is 16. The van der Waals surface area contributed by atoms with Gasteiger partial charge in [0.05, 0.1) is 16.3 Å². The number of carbonyl (C=O) groups is 4. The summed E-state index contributed by atoms with van der Waals surface area (Å²) in [5, 5.41) is 17.3. The molecule has 2 aliphatic heterocycles. The van der Waals surface area contributed by atoms with Gasteiger partial charge in [0.1, 0.15) is 70.5 Å². The minimum atomic E-state index is -3.92. The summed E-state index contributed by atoms with van der Waals surface area (Å²) in [6.07, 6.45) is 5.73. The number of sulfone groups is 1. The molecule has 3 aliphatic rings. The van der Waals surface area contributed by atoms with Crippen molar-refractivity contribution < 1.29 is 41.8 Å². The number of benzene rings is 3. The van der Waals surface area contributed by atoms with E-state index >= 15 is 4.79 Å². The largest absolute Gasteiger partial charge is 0.489 e. The molecule has 1 fully saturated rings. The zero-order valence-corrected chi connectivity index (χ0v) is 50.7. The van der Waals surface area contributed by atoms with Crippen LogP contribution in [0.3, 0.4) is 0 Å². The SMILES string of the molecule is Cc1[nH]nc(Nc2ncnc3cc(OC4CCN(c5cc(Oc6ccc7c(c6)CN(C(=O)[C@@H](NC(=O)[C@H](C)N(C)C(=O)OC(C)(C)C)C(C)(C)C)[C@H](C(=O)N[C@H]6CCCc8ccccc86)C7)ncn5)CC4)c(S(=O)(=O)C(C)(C)C)cc23)c1C. The fourth-order valence-corrected chi connectivity index (χ4v) is 11.9. The second-order valence-electron chi connectivity index (χ2n) is 25.1. The molecule has 0 saturated carbocycles. The molecule has 1 aliphatic carbocycles. The van der Waals surface area contributed by atoms with E-state index in [0.717, 1.165) is 47.2 Å². The third-order valence-corrected chi connectivity index (χ3v) is 18.3. The normalized spacial score (nSPS) is 17.6. The van der Waals surface area contributed by atoms with Crippen molar-refractivity contribution in [3.8, 4) is 17.4 Å². The molecule has 21 nitrogen and oxygen atoms in total. The first kappa shape index (κ1) is 59.7. The van der Waals surface area contributed by atoms with Crippen molar-refractivity contribution in [1.82, 2.24) is 50.6 Å². The third kappa shape index (κ3) is 13.2. The van der Waals surface area contributed by atoms with Gasteiger partial charge in [-0.05, 0) is 127 Å². The predicted molar refractivity (Wildman–Crippen MR) is 315 cm³/mol. The molecule has 4 N–H and O–H groups in total. The van der Waals surface area contributed by atoms with Crippen LogP contribution in [0.5, 0.6) is 17.4 Å². The van der Waals surface area contributed by atoms with Crippen LogP contribution >= 0.6 is 0 Å². The maximum Gasteiger partial charge on any atom is 0.410 e. The maximum absolute atomic E-state index is 15.2. The highest BCUT2D eigenvalue weighted by Gasteiger charge is 2.44. The molecular weight excluding hydrogens is 1080 g/mol. The summed E-state index contributed by atoms with van der Waals surface area (Å²) in [5.41, 5.74) is 4.56. The van der Waals surface area contributed by atoms with E-state index in [2.05, 4.69) is 57.0 Å². The van der Waals surface area contributed by atoms with E-state index < -0.39 is 61.6 Å².